The summed E-state index contributed by atoms with van der Waals surface area (Å²) < 4.78 is 88.3. The van der Waals surface area contributed by atoms with Gasteiger partial charge in [0, 0.05) is 28.7 Å². The van der Waals surface area contributed by atoms with Crippen LogP contribution in [0.2, 0.25) is 0 Å². The summed E-state index contributed by atoms with van der Waals surface area (Å²) in [5.41, 5.74) is -0.691. The van der Waals surface area contributed by atoms with Gasteiger partial charge in [-0.25, -0.2) is 4.68 Å². The number of benzene rings is 5. The van der Waals surface area contributed by atoms with Crippen LogP contribution in [0, 0.1) is 0 Å². The second-order valence-corrected chi connectivity index (χ2v) is 11.6. The third-order valence-electron chi connectivity index (χ3n) is 7.80. The molecule has 7 nitrogen and oxygen atoms in total. The van der Waals surface area contributed by atoms with Crippen LogP contribution < -0.4 is 15.4 Å². The number of halogens is 6. The summed E-state index contributed by atoms with van der Waals surface area (Å²) in [7, 11) is 0. The van der Waals surface area contributed by atoms with Gasteiger partial charge in [0.25, 0.3) is 11.8 Å². The molecule has 1 aromatic heterocycles. The fraction of sp³-hybridized carbons (Fsp3) is 0.0750. The Kier molecular flexibility index (Phi) is 10.5. The molecular formula is C40H28F6N4O3. The summed E-state index contributed by atoms with van der Waals surface area (Å²) in [6.45, 7) is 0.269. The number of para-hydroxylation sites is 1. The lowest BCUT2D eigenvalue weighted by molar-refractivity contribution is -0.138. The van der Waals surface area contributed by atoms with Crippen LogP contribution in [0.5, 0.6) is 5.75 Å². The first kappa shape index (κ1) is 36.2. The molecule has 0 atom stereocenters. The summed E-state index contributed by atoms with van der Waals surface area (Å²) in [5.74, 6) is -1.78. The van der Waals surface area contributed by atoms with Crippen molar-refractivity contribution < 1.29 is 40.7 Å². The van der Waals surface area contributed by atoms with Crippen molar-refractivity contribution in [3.05, 3.63) is 167 Å². The monoisotopic (exact) mass is 726 g/mol. The van der Waals surface area contributed by atoms with Crippen LogP contribution in [0.25, 0.3) is 23.0 Å². The molecule has 1 heterocycles. The molecule has 6 rings (SSSR count). The number of hydrogen-bond donors (Lipinski definition) is 2. The Morgan fingerprint density at radius 1 is 0.660 bits per heavy atom. The van der Waals surface area contributed by atoms with Crippen LogP contribution in [-0.4, -0.2) is 21.6 Å². The number of aromatic nitrogens is 2. The van der Waals surface area contributed by atoms with Gasteiger partial charge in [-0.1, -0.05) is 72.8 Å². The second kappa shape index (κ2) is 15.3. The van der Waals surface area contributed by atoms with Gasteiger partial charge in [-0.2, -0.15) is 31.4 Å². The topological polar surface area (TPSA) is 85.2 Å². The molecule has 6 aromatic rings. The van der Waals surface area contributed by atoms with E-state index in [0.29, 0.717) is 29.1 Å². The average Bonchev–Trinajstić information content (AvgIpc) is 3.57. The van der Waals surface area contributed by atoms with Crippen LogP contribution in [-0.2, 0) is 28.5 Å². The minimum Gasteiger partial charge on any atom is -0.489 e. The number of ether oxygens (including phenoxy) is 1. The van der Waals surface area contributed by atoms with Gasteiger partial charge in [0.15, 0.2) is 0 Å². The van der Waals surface area contributed by atoms with Crippen LogP contribution in [0.15, 0.2) is 145 Å². The minimum atomic E-state index is -4.72. The third kappa shape index (κ3) is 9.19. The molecule has 13 heteroatoms. The fourth-order valence-corrected chi connectivity index (χ4v) is 5.24. The molecule has 0 aliphatic rings. The lowest BCUT2D eigenvalue weighted by Gasteiger charge is -2.13. The van der Waals surface area contributed by atoms with Crippen LogP contribution in [0.4, 0.5) is 37.7 Å². The predicted octanol–water partition coefficient (Wildman–Crippen LogP) is 9.82. The smallest absolute Gasteiger partial charge is 0.416 e. The summed E-state index contributed by atoms with van der Waals surface area (Å²) >= 11 is 0. The molecule has 0 radical (unpaired) electrons. The van der Waals surface area contributed by atoms with Crippen molar-refractivity contribution in [3.63, 3.8) is 0 Å². The van der Waals surface area contributed by atoms with Gasteiger partial charge in [-0.05, 0) is 72.3 Å². The molecule has 0 bridgehead atoms. The van der Waals surface area contributed by atoms with Crippen molar-refractivity contribution in [3.8, 4) is 22.7 Å². The van der Waals surface area contributed by atoms with Gasteiger partial charge in [-0.15, -0.1) is 0 Å². The van der Waals surface area contributed by atoms with Gasteiger partial charge in [0.05, 0.1) is 16.8 Å². The first-order chi connectivity index (χ1) is 25.3. The number of amides is 2. The standard InChI is InChI=1S/C40H28F6N4O3/c41-39(42,43)29-13-8-15-31(22-29)47-37(51)35(38(52)48-32-16-9-14-30(23-32)40(44,45)46)21-28-24-50(33-17-5-2-6-18-33)49-36(28)27-12-7-19-34(20-27)53-25-26-10-3-1-4-11-26/h1-24H,25H2,(H,47,51)(H,48,52). The number of nitrogens with zero attached hydrogens (tertiary/aromatic N) is 2. The minimum absolute atomic E-state index is 0.224. The summed E-state index contributed by atoms with van der Waals surface area (Å²) in [6, 6.07) is 32.9. The van der Waals surface area contributed by atoms with E-state index in [0.717, 1.165) is 29.8 Å². The maximum absolute atomic E-state index is 13.8. The number of alkyl halides is 6. The highest BCUT2D eigenvalue weighted by atomic mass is 19.4. The molecule has 0 unspecified atom stereocenters. The van der Waals surface area contributed by atoms with E-state index >= 15 is 0 Å². The van der Waals surface area contributed by atoms with E-state index in [1.54, 1.807) is 54.6 Å². The van der Waals surface area contributed by atoms with Crippen LogP contribution >= 0.6 is 0 Å². The molecule has 0 saturated carbocycles. The highest BCUT2D eigenvalue weighted by Crippen LogP contribution is 2.33. The first-order valence-corrected chi connectivity index (χ1v) is 15.9. The SMILES string of the molecule is O=C(Nc1cccc(C(F)(F)F)c1)C(=Cc1cn(-c2ccccc2)nc1-c1cccc(OCc2ccccc2)c1)C(=O)Nc1cccc(C(F)(F)F)c1. The molecule has 0 spiro atoms. The second-order valence-electron chi connectivity index (χ2n) is 11.6. The Labute approximate surface area is 299 Å². The number of rotatable bonds is 10. The Morgan fingerprint density at radius 3 is 1.77 bits per heavy atom. The number of carbonyl (C=O) groups is 2. The zero-order chi connectivity index (χ0) is 37.6. The van der Waals surface area contributed by atoms with Crippen molar-refractivity contribution >= 4 is 29.3 Å². The largest absolute Gasteiger partial charge is 0.489 e. The van der Waals surface area contributed by atoms with Crippen molar-refractivity contribution in [2.75, 3.05) is 10.6 Å². The first-order valence-electron chi connectivity index (χ1n) is 15.9. The van der Waals surface area contributed by atoms with E-state index in [1.807, 2.05) is 30.3 Å². The molecule has 0 saturated heterocycles. The molecule has 268 valence electrons. The van der Waals surface area contributed by atoms with E-state index in [1.165, 1.54) is 29.1 Å². The average molecular weight is 727 g/mol. The molecular weight excluding hydrogens is 698 g/mol. The highest BCUT2D eigenvalue weighted by molar-refractivity contribution is 6.29. The predicted molar refractivity (Wildman–Crippen MR) is 188 cm³/mol. The number of anilines is 2. The van der Waals surface area contributed by atoms with Gasteiger partial charge in [0.1, 0.15) is 23.6 Å². The van der Waals surface area contributed by atoms with Crippen molar-refractivity contribution in [2.24, 2.45) is 0 Å². The summed E-state index contributed by atoms with van der Waals surface area (Å²) in [5, 5.41) is 9.37. The van der Waals surface area contributed by atoms with E-state index in [2.05, 4.69) is 10.6 Å². The van der Waals surface area contributed by atoms with E-state index in [4.69, 9.17) is 9.84 Å². The van der Waals surface area contributed by atoms with Gasteiger partial charge >= 0.3 is 12.4 Å². The van der Waals surface area contributed by atoms with E-state index < -0.39 is 40.9 Å². The number of hydrogen-bond acceptors (Lipinski definition) is 4. The van der Waals surface area contributed by atoms with Crippen molar-refractivity contribution in [2.45, 2.75) is 19.0 Å². The van der Waals surface area contributed by atoms with E-state index in [-0.39, 0.29) is 29.2 Å². The van der Waals surface area contributed by atoms with Crippen molar-refractivity contribution in [1.82, 2.24) is 9.78 Å². The molecule has 0 aliphatic carbocycles. The van der Waals surface area contributed by atoms with Gasteiger partial charge < -0.3 is 15.4 Å². The van der Waals surface area contributed by atoms with Crippen LogP contribution in [0.3, 0.4) is 0 Å². The van der Waals surface area contributed by atoms with Gasteiger partial charge in [0.2, 0.25) is 0 Å². The quantitative estimate of drug-likeness (QED) is 0.0637. The Hall–Kier alpha value is -6.63. The van der Waals surface area contributed by atoms with E-state index in [9.17, 15) is 35.9 Å². The zero-order valence-electron chi connectivity index (χ0n) is 27.5. The molecule has 0 fully saturated rings. The molecule has 53 heavy (non-hydrogen) atoms. The Balaban J connectivity index is 1.43. The Morgan fingerprint density at radius 2 is 1.21 bits per heavy atom. The Bertz CT molecular complexity index is 2190. The lowest BCUT2D eigenvalue weighted by atomic mass is 10.0. The van der Waals surface area contributed by atoms with Crippen molar-refractivity contribution in [1.29, 1.82) is 0 Å². The fourth-order valence-electron chi connectivity index (χ4n) is 5.24. The maximum atomic E-state index is 13.8. The summed E-state index contributed by atoms with van der Waals surface area (Å²) in [6.07, 6.45) is -6.73. The number of carbonyl (C=O) groups excluding carboxylic acids is 2. The summed E-state index contributed by atoms with van der Waals surface area (Å²) in [4.78, 5) is 27.6. The normalized spacial score (nSPS) is 11.4. The maximum Gasteiger partial charge on any atom is 0.416 e. The molecule has 5 aromatic carbocycles. The van der Waals surface area contributed by atoms with Crippen LogP contribution in [0.1, 0.15) is 22.3 Å². The third-order valence-corrected chi connectivity index (χ3v) is 7.80. The highest BCUT2D eigenvalue weighted by Gasteiger charge is 2.32. The molecule has 0 aliphatic heterocycles. The molecule has 2 N–H and O–H groups in total. The van der Waals surface area contributed by atoms with Gasteiger partial charge in [-0.3, -0.25) is 9.59 Å². The zero-order valence-corrected chi connectivity index (χ0v) is 27.5. The number of nitrogens with one attached hydrogen (secondary N) is 2. The lowest BCUT2D eigenvalue weighted by Crippen LogP contribution is -2.25. The molecule has 2 amide bonds.